The van der Waals surface area contributed by atoms with Crippen LogP contribution in [0.5, 0.6) is 11.6 Å². The third-order valence-corrected chi connectivity index (χ3v) is 2.28. The Balaban J connectivity index is 2.19. The van der Waals surface area contributed by atoms with Crippen LogP contribution in [0.3, 0.4) is 0 Å². The maximum Gasteiger partial charge on any atom is 0.359 e. The molecule has 2 rings (SSSR count). The number of aromatic amines is 1. The van der Waals surface area contributed by atoms with Gasteiger partial charge in [-0.25, -0.2) is 9.89 Å². The first-order valence-electron chi connectivity index (χ1n) is 5.12. The van der Waals surface area contributed by atoms with Gasteiger partial charge in [0.05, 0.1) is 0 Å². The lowest BCUT2D eigenvalue weighted by Gasteiger charge is -2.03. The molecule has 6 heteroatoms. The predicted molar refractivity (Wildman–Crippen MR) is 59.2 cm³/mol. The lowest BCUT2D eigenvalue weighted by Crippen LogP contribution is -1.99. The summed E-state index contributed by atoms with van der Waals surface area (Å²) < 4.78 is 5.32. The fourth-order valence-corrected chi connectivity index (χ4v) is 1.33. The standard InChI is InChI=1S/C11H11N3O3/c1-2-7-3-5-8(6-4-7)17-10-9(11(15)16)12-14-13-10/h3-6H,2H2,1H3,(H,15,16)(H,12,13,14). The zero-order valence-electron chi connectivity index (χ0n) is 9.17. The van der Waals surface area contributed by atoms with Crippen LogP contribution in [0.15, 0.2) is 24.3 Å². The number of hydrogen-bond donors (Lipinski definition) is 2. The molecule has 0 saturated carbocycles. The van der Waals surface area contributed by atoms with E-state index in [-0.39, 0.29) is 11.6 Å². The molecular weight excluding hydrogens is 222 g/mol. The Morgan fingerprint density at radius 1 is 1.41 bits per heavy atom. The number of nitrogens with one attached hydrogen (secondary N) is 1. The summed E-state index contributed by atoms with van der Waals surface area (Å²) in [7, 11) is 0. The number of carbonyl (C=O) groups is 1. The summed E-state index contributed by atoms with van der Waals surface area (Å²) in [6.07, 6.45) is 0.935. The minimum atomic E-state index is -1.16. The van der Waals surface area contributed by atoms with E-state index in [0.29, 0.717) is 5.75 Å². The Hall–Kier alpha value is -2.37. The smallest absolute Gasteiger partial charge is 0.359 e. The average molecular weight is 233 g/mol. The van der Waals surface area contributed by atoms with Gasteiger partial charge >= 0.3 is 5.97 Å². The Bertz CT molecular complexity index is 519. The van der Waals surface area contributed by atoms with E-state index in [1.54, 1.807) is 12.1 Å². The third kappa shape index (κ3) is 2.41. The van der Waals surface area contributed by atoms with Crippen LogP contribution in [-0.4, -0.2) is 26.5 Å². The first-order chi connectivity index (χ1) is 8.20. The Morgan fingerprint density at radius 2 is 2.12 bits per heavy atom. The molecule has 1 aromatic carbocycles. The summed E-state index contributed by atoms with van der Waals surface area (Å²) in [6, 6.07) is 7.35. The van der Waals surface area contributed by atoms with Crippen LogP contribution in [0, 0.1) is 0 Å². The van der Waals surface area contributed by atoms with Crippen LogP contribution in [0.4, 0.5) is 0 Å². The van der Waals surface area contributed by atoms with E-state index < -0.39 is 5.97 Å². The highest BCUT2D eigenvalue weighted by Gasteiger charge is 2.16. The molecule has 0 aliphatic carbocycles. The van der Waals surface area contributed by atoms with Crippen LogP contribution in [0.1, 0.15) is 23.0 Å². The molecule has 6 nitrogen and oxygen atoms in total. The van der Waals surface area contributed by atoms with Gasteiger partial charge < -0.3 is 9.84 Å². The number of H-pyrrole nitrogens is 1. The van der Waals surface area contributed by atoms with Crippen molar-refractivity contribution < 1.29 is 14.6 Å². The topological polar surface area (TPSA) is 88.1 Å². The molecule has 88 valence electrons. The molecule has 0 unspecified atom stereocenters. The molecule has 0 amide bonds. The number of rotatable bonds is 4. The monoisotopic (exact) mass is 233 g/mol. The average Bonchev–Trinajstić information content (AvgIpc) is 2.78. The van der Waals surface area contributed by atoms with Gasteiger partial charge in [-0.3, -0.25) is 0 Å². The second-order valence-electron chi connectivity index (χ2n) is 3.40. The van der Waals surface area contributed by atoms with E-state index >= 15 is 0 Å². The van der Waals surface area contributed by atoms with Gasteiger partial charge in [-0.2, -0.15) is 0 Å². The molecule has 0 aliphatic heterocycles. The SMILES string of the molecule is CCc1ccc(Oc2nn[nH]c2C(=O)O)cc1. The molecule has 0 radical (unpaired) electrons. The molecule has 0 saturated heterocycles. The molecule has 2 aromatic rings. The van der Waals surface area contributed by atoms with E-state index in [4.69, 9.17) is 9.84 Å². The lowest BCUT2D eigenvalue weighted by atomic mass is 10.2. The Labute approximate surface area is 97.2 Å². The molecule has 0 aliphatic rings. The summed E-state index contributed by atoms with van der Waals surface area (Å²) in [5, 5.41) is 18.0. The molecule has 0 fully saturated rings. The van der Waals surface area contributed by atoms with Gasteiger partial charge in [0.1, 0.15) is 5.75 Å². The maximum absolute atomic E-state index is 10.8. The first-order valence-corrected chi connectivity index (χ1v) is 5.12. The van der Waals surface area contributed by atoms with Gasteiger partial charge in [0.2, 0.25) is 5.69 Å². The van der Waals surface area contributed by atoms with E-state index in [1.807, 2.05) is 12.1 Å². The van der Waals surface area contributed by atoms with Crippen molar-refractivity contribution in [1.29, 1.82) is 0 Å². The fourth-order valence-electron chi connectivity index (χ4n) is 1.33. The van der Waals surface area contributed by atoms with E-state index in [9.17, 15) is 4.79 Å². The van der Waals surface area contributed by atoms with Crippen molar-refractivity contribution in [2.24, 2.45) is 0 Å². The molecule has 0 bridgehead atoms. The number of carboxylic acid groups (broad SMARTS) is 1. The normalized spacial score (nSPS) is 10.2. The van der Waals surface area contributed by atoms with Crippen LogP contribution >= 0.6 is 0 Å². The van der Waals surface area contributed by atoms with E-state index in [1.165, 1.54) is 5.56 Å². The fraction of sp³-hybridized carbons (Fsp3) is 0.182. The first kappa shape index (κ1) is 11.1. The number of aryl methyl sites for hydroxylation is 1. The van der Waals surface area contributed by atoms with Crippen molar-refractivity contribution in [3.05, 3.63) is 35.5 Å². The van der Waals surface area contributed by atoms with Gasteiger partial charge in [-0.05, 0) is 24.1 Å². The lowest BCUT2D eigenvalue weighted by molar-refractivity contribution is 0.0687. The second-order valence-corrected chi connectivity index (χ2v) is 3.40. The number of aromatic nitrogens is 3. The Morgan fingerprint density at radius 3 is 2.71 bits per heavy atom. The van der Waals surface area contributed by atoms with Gasteiger partial charge in [0, 0.05) is 0 Å². The van der Waals surface area contributed by atoms with Crippen LogP contribution in [-0.2, 0) is 6.42 Å². The molecular formula is C11H11N3O3. The molecule has 1 aromatic heterocycles. The van der Waals surface area contributed by atoms with Crippen LogP contribution in [0.2, 0.25) is 0 Å². The molecule has 1 heterocycles. The Kier molecular flexibility index (Phi) is 3.04. The van der Waals surface area contributed by atoms with E-state index in [2.05, 4.69) is 22.3 Å². The van der Waals surface area contributed by atoms with Crippen molar-refractivity contribution >= 4 is 5.97 Å². The van der Waals surface area contributed by atoms with E-state index in [0.717, 1.165) is 6.42 Å². The quantitative estimate of drug-likeness (QED) is 0.841. The van der Waals surface area contributed by atoms with Gasteiger partial charge in [0.25, 0.3) is 5.88 Å². The number of ether oxygens (including phenoxy) is 1. The molecule has 17 heavy (non-hydrogen) atoms. The van der Waals surface area contributed by atoms with Crippen LogP contribution in [0.25, 0.3) is 0 Å². The number of benzene rings is 1. The highest BCUT2D eigenvalue weighted by Crippen LogP contribution is 2.21. The minimum Gasteiger partial charge on any atom is -0.476 e. The highest BCUT2D eigenvalue weighted by atomic mass is 16.5. The number of nitrogens with zero attached hydrogens (tertiary/aromatic N) is 2. The number of aromatic carboxylic acids is 1. The van der Waals surface area contributed by atoms with Crippen molar-refractivity contribution in [1.82, 2.24) is 15.4 Å². The third-order valence-electron chi connectivity index (χ3n) is 2.28. The summed E-state index contributed by atoms with van der Waals surface area (Å²) in [5.74, 6) is -0.671. The van der Waals surface area contributed by atoms with Crippen molar-refractivity contribution in [3.63, 3.8) is 0 Å². The van der Waals surface area contributed by atoms with Crippen molar-refractivity contribution in [2.45, 2.75) is 13.3 Å². The summed E-state index contributed by atoms with van der Waals surface area (Å²) in [6.45, 7) is 2.05. The summed E-state index contributed by atoms with van der Waals surface area (Å²) >= 11 is 0. The van der Waals surface area contributed by atoms with Gasteiger partial charge in [0.15, 0.2) is 0 Å². The molecule has 2 N–H and O–H groups in total. The summed E-state index contributed by atoms with van der Waals surface area (Å²) in [5.41, 5.74) is 1.01. The highest BCUT2D eigenvalue weighted by molar-refractivity contribution is 5.87. The van der Waals surface area contributed by atoms with Gasteiger partial charge in [-0.1, -0.05) is 29.4 Å². The largest absolute Gasteiger partial charge is 0.476 e. The maximum atomic E-state index is 10.8. The second kappa shape index (κ2) is 4.65. The van der Waals surface area contributed by atoms with Crippen LogP contribution < -0.4 is 4.74 Å². The predicted octanol–water partition coefficient (Wildman–Crippen LogP) is 1.86. The zero-order valence-corrected chi connectivity index (χ0v) is 9.17. The minimum absolute atomic E-state index is 0.0400. The summed E-state index contributed by atoms with van der Waals surface area (Å²) in [4.78, 5) is 10.8. The van der Waals surface area contributed by atoms with Gasteiger partial charge in [-0.15, -0.1) is 0 Å². The van der Waals surface area contributed by atoms with Crippen molar-refractivity contribution in [3.8, 4) is 11.6 Å². The molecule has 0 atom stereocenters. The molecule has 0 spiro atoms. The van der Waals surface area contributed by atoms with Crippen molar-refractivity contribution in [2.75, 3.05) is 0 Å². The number of carboxylic acids is 1. The zero-order chi connectivity index (χ0) is 12.3. The number of hydrogen-bond acceptors (Lipinski definition) is 4.